The van der Waals surface area contributed by atoms with Gasteiger partial charge in [-0.1, -0.05) is 35.9 Å². The predicted molar refractivity (Wildman–Crippen MR) is 97.7 cm³/mol. The maximum Gasteiger partial charge on any atom is 0.249 e. The first-order valence-corrected chi connectivity index (χ1v) is 9.02. The van der Waals surface area contributed by atoms with Crippen molar-refractivity contribution in [1.82, 2.24) is 5.32 Å². The van der Waals surface area contributed by atoms with E-state index in [-0.39, 0.29) is 17.5 Å². The molecule has 2 aromatic carbocycles. The average Bonchev–Trinajstić information content (AvgIpc) is 3.37. The van der Waals surface area contributed by atoms with Crippen LogP contribution in [0.2, 0.25) is 5.02 Å². The molecule has 1 N–H and O–H groups in total. The van der Waals surface area contributed by atoms with Crippen molar-refractivity contribution in [3.05, 3.63) is 64.9 Å². The van der Waals surface area contributed by atoms with Gasteiger partial charge in [0.2, 0.25) is 11.8 Å². The van der Waals surface area contributed by atoms with Crippen molar-refractivity contribution in [2.75, 3.05) is 11.4 Å². The van der Waals surface area contributed by atoms with Crippen LogP contribution in [0.5, 0.6) is 0 Å². The highest BCUT2D eigenvalue weighted by Gasteiger charge is 2.52. The number of hydrogen-bond acceptors (Lipinski definition) is 2. The van der Waals surface area contributed by atoms with Crippen LogP contribution in [-0.4, -0.2) is 24.4 Å². The third kappa shape index (κ3) is 2.86. The lowest BCUT2D eigenvalue weighted by molar-refractivity contribution is -0.128. The van der Waals surface area contributed by atoms with Crippen molar-refractivity contribution in [3.63, 3.8) is 0 Å². The fraction of sp³-hybridized carbons (Fsp3) is 0.300. The number of halogens is 2. The summed E-state index contributed by atoms with van der Waals surface area (Å²) in [6, 6.07) is 12.8. The summed E-state index contributed by atoms with van der Waals surface area (Å²) in [6.45, 7) is 0.388. The first kappa shape index (κ1) is 17.0. The van der Waals surface area contributed by atoms with Gasteiger partial charge in [0.15, 0.2) is 0 Å². The van der Waals surface area contributed by atoms with Gasteiger partial charge in [0.25, 0.3) is 0 Å². The minimum Gasteiger partial charge on any atom is -0.343 e. The highest BCUT2D eigenvalue weighted by molar-refractivity contribution is 6.30. The maximum absolute atomic E-state index is 14.0. The van der Waals surface area contributed by atoms with Gasteiger partial charge in [-0.2, -0.15) is 0 Å². The van der Waals surface area contributed by atoms with Gasteiger partial charge < -0.3 is 10.2 Å². The molecule has 2 fully saturated rings. The smallest absolute Gasteiger partial charge is 0.249 e. The third-order valence-corrected chi connectivity index (χ3v) is 5.49. The van der Waals surface area contributed by atoms with E-state index in [1.807, 2.05) is 12.1 Å². The van der Waals surface area contributed by atoms with Gasteiger partial charge in [-0.25, -0.2) is 4.39 Å². The number of nitrogens with zero attached hydrogens (tertiary/aromatic N) is 1. The van der Waals surface area contributed by atoms with E-state index in [4.69, 9.17) is 11.6 Å². The minimum atomic E-state index is -0.619. The van der Waals surface area contributed by atoms with Crippen LogP contribution in [-0.2, 0) is 15.0 Å². The van der Waals surface area contributed by atoms with Crippen molar-refractivity contribution in [2.45, 2.75) is 30.7 Å². The summed E-state index contributed by atoms with van der Waals surface area (Å²) in [5.41, 5.74) is 0.597. The molecule has 4 nitrogen and oxygen atoms in total. The second-order valence-electron chi connectivity index (χ2n) is 6.85. The number of carbonyl (C=O) groups is 2. The Morgan fingerprint density at radius 1 is 1.15 bits per heavy atom. The van der Waals surface area contributed by atoms with Crippen molar-refractivity contribution in [1.29, 1.82) is 0 Å². The third-order valence-electron chi connectivity index (χ3n) is 5.24. The number of nitrogens with one attached hydrogen (secondary N) is 1. The Hall–Kier alpha value is -2.40. The molecule has 1 aliphatic carbocycles. The van der Waals surface area contributed by atoms with E-state index in [0.29, 0.717) is 18.0 Å². The summed E-state index contributed by atoms with van der Waals surface area (Å²) in [5.74, 6) is -0.850. The molecule has 0 bridgehead atoms. The molecule has 1 saturated carbocycles. The zero-order chi connectivity index (χ0) is 18.3. The van der Waals surface area contributed by atoms with E-state index in [1.165, 1.54) is 11.0 Å². The van der Waals surface area contributed by atoms with Gasteiger partial charge in [-0.15, -0.1) is 0 Å². The molecule has 1 heterocycles. The molecule has 1 atom stereocenters. The molecular weight excluding hydrogens is 355 g/mol. The molecule has 6 heteroatoms. The van der Waals surface area contributed by atoms with Crippen molar-refractivity contribution in [3.8, 4) is 0 Å². The number of anilines is 1. The zero-order valence-corrected chi connectivity index (χ0v) is 14.8. The van der Waals surface area contributed by atoms with E-state index < -0.39 is 17.3 Å². The molecule has 0 aromatic heterocycles. The van der Waals surface area contributed by atoms with Gasteiger partial charge >= 0.3 is 0 Å². The summed E-state index contributed by atoms with van der Waals surface area (Å²) in [6.07, 6.45) is 1.96. The van der Waals surface area contributed by atoms with E-state index in [2.05, 4.69) is 5.32 Å². The molecule has 4 rings (SSSR count). The lowest BCUT2D eigenvalue weighted by Gasteiger charge is -2.20. The monoisotopic (exact) mass is 372 g/mol. The van der Waals surface area contributed by atoms with E-state index >= 15 is 0 Å². The minimum absolute atomic E-state index is 0.145. The lowest BCUT2D eigenvalue weighted by Crippen LogP contribution is -2.45. The molecule has 2 amide bonds. The van der Waals surface area contributed by atoms with Crippen LogP contribution in [0.15, 0.2) is 48.5 Å². The quantitative estimate of drug-likeness (QED) is 0.893. The number of para-hydroxylation sites is 1. The summed E-state index contributed by atoms with van der Waals surface area (Å²) in [4.78, 5) is 26.9. The Morgan fingerprint density at radius 3 is 2.50 bits per heavy atom. The number of rotatable bonds is 4. The number of amides is 2. The molecule has 26 heavy (non-hydrogen) atoms. The van der Waals surface area contributed by atoms with Crippen molar-refractivity contribution in [2.24, 2.45) is 0 Å². The molecule has 2 aliphatic rings. The van der Waals surface area contributed by atoms with Crippen LogP contribution in [0, 0.1) is 5.82 Å². The van der Waals surface area contributed by atoms with Gasteiger partial charge in [-0.3, -0.25) is 9.59 Å². The molecule has 1 aliphatic heterocycles. The molecule has 2 aromatic rings. The van der Waals surface area contributed by atoms with Crippen LogP contribution in [0.4, 0.5) is 10.1 Å². The van der Waals surface area contributed by atoms with E-state index in [0.717, 1.165) is 18.4 Å². The van der Waals surface area contributed by atoms with Crippen LogP contribution in [0.1, 0.15) is 24.8 Å². The van der Waals surface area contributed by atoms with E-state index in [1.54, 1.807) is 30.3 Å². The fourth-order valence-corrected chi connectivity index (χ4v) is 3.69. The van der Waals surface area contributed by atoms with Crippen molar-refractivity contribution >= 4 is 29.1 Å². The number of benzene rings is 2. The molecule has 0 radical (unpaired) electrons. The molecule has 1 unspecified atom stereocenters. The van der Waals surface area contributed by atoms with Gasteiger partial charge in [-0.05, 0) is 49.1 Å². The molecule has 1 saturated heterocycles. The Morgan fingerprint density at radius 2 is 1.85 bits per heavy atom. The second-order valence-corrected chi connectivity index (χ2v) is 7.28. The SMILES string of the molecule is O=C1C(NC(=O)C2(c3ccc(Cl)cc3)CC2)CCN1c1ccccc1F. The van der Waals surface area contributed by atoms with Gasteiger partial charge in [0.05, 0.1) is 11.1 Å². The molecule has 0 spiro atoms. The highest BCUT2D eigenvalue weighted by Crippen LogP contribution is 2.48. The standard InChI is InChI=1S/C20H18ClFN2O2/c21-14-7-5-13(6-8-14)20(10-11-20)19(26)23-16-9-12-24(18(16)25)17-4-2-1-3-15(17)22/h1-8,16H,9-12H2,(H,23,26). The topological polar surface area (TPSA) is 49.4 Å². The first-order chi connectivity index (χ1) is 12.5. The fourth-order valence-electron chi connectivity index (χ4n) is 3.56. The van der Waals surface area contributed by atoms with Crippen LogP contribution in [0.3, 0.4) is 0 Å². The maximum atomic E-state index is 14.0. The summed E-state index contributed by atoms with van der Waals surface area (Å²) >= 11 is 5.92. The summed E-state index contributed by atoms with van der Waals surface area (Å²) in [7, 11) is 0. The predicted octanol–water partition coefficient (Wildman–Crippen LogP) is 3.43. The first-order valence-electron chi connectivity index (χ1n) is 8.64. The van der Waals surface area contributed by atoms with Crippen molar-refractivity contribution < 1.29 is 14.0 Å². The number of carbonyl (C=O) groups excluding carboxylic acids is 2. The Kier molecular flexibility index (Phi) is 4.19. The van der Waals surface area contributed by atoms with Gasteiger partial charge in [0, 0.05) is 11.6 Å². The molecular formula is C20H18ClFN2O2. The normalized spacial score (nSPS) is 20.9. The van der Waals surface area contributed by atoms with Crippen LogP contribution < -0.4 is 10.2 Å². The lowest BCUT2D eigenvalue weighted by atomic mass is 9.94. The van der Waals surface area contributed by atoms with Crippen LogP contribution >= 0.6 is 11.6 Å². The Labute approximate surface area is 155 Å². The van der Waals surface area contributed by atoms with Gasteiger partial charge in [0.1, 0.15) is 11.9 Å². The number of hydrogen-bond donors (Lipinski definition) is 1. The summed E-state index contributed by atoms with van der Waals surface area (Å²) < 4.78 is 14.0. The summed E-state index contributed by atoms with van der Waals surface area (Å²) in [5, 5.41) is 3.50. The zero-order valence-electron chi connectivity index (χ0n) is 14.0. The Bertz CT molecular complexity index is 864. The Balaban J connectivity index is 1.48. The average molecular weight is 373 g/mol. The molecule has 134 valence electrons. The van der Waals surface area contributed by atoms with E-state index in [9.17, 15) is 14.0 Å². The largest absolute Gasteiger partial charge is 0.343 e. The second kappa shape index (κ2) is 6.40. The highest BCUT2D eigenvalue weighted by atomic mass is 35.5. The van der Waals surface area contributed by atoms with Crippen LogP contribution in [0.25, 0.3) is 0 Å².